The Bertz CT molecular complexity index is 1170. The minimum atomic E-state index is -1.89. The molecule has 3 nitrogen and oxygen atoms in total. The van der Waals surface area contributed by atoms with E-state index in [0.29, 0.717) is 28.3 Å². The molecular formula is C31H45FN2OSi. The monoisotopic (exact) mass is 508 g/mol. The fraction of sp³-hybridized carbons (Fsp3) is 0.548. The standard InChI is InChI=1S/C31H45FN2OSi/c1-21(2)36(22(3)4,23(5)6)34-20-28(26-13-15-33(7)16-14-26)27-18-24(9-11-30(27)34)17-25-10-12-31(35-8)29(32)19-25/h9-12,18-23,26H,13-17H2,1-8H3. The number of rotatable bonds is 8. The topological polar surface area (TPSA) is 17.4 Å². The lowest BCUT2D eigenvalue weighted by atomic mass is 9.89. The molecule has 0 spiro atoms. The van der Waals surface area contributed by atoms with E-state index >= 15 is 0 Å². The minimum absolute atomic E-state index is 0.296. The van der Waals surface area contributed by atoms with Crippen molar-refractivity contribution in [3.63, 3.8) is 0 Å². The van der Waals surface area contributed by atoms with Gasteiger partial charge < -0.3 is 13.9 Å². The highest BCUT2D eigenvalue weighted by molar-refractivity contribution is 6.82. The van der Waals surface area contributed by atoms with E-state index < -0.39 is 8.24 Å². The third kappa shape index (κ3) is 4.77. The average Bonchev–Trinajstić information content (AvgIpc) is 3.18. The maximum Gasteiger partial charge on any atom is 0.169 e. The Morgan fingerprint density at radius 3 is 2.06 bits per heavy atom. The number of benzene rings is 2. The SMILES string of the molecule is COc1ccc(Cc2ccc3c(c2)c(C2CCN(C)CC2)cn3[Si](C(C)C)(C(C)C)C(C)C)cc1F. The third-order valence-electron chi connectivity index (χ3n) is 8.87. The van der Waals surface area contributed by atoms with E-state index in [1.165, 1.54) is 42.0 Å². The molecular weight excluding hydrogens is 463 g/mol. The van der Waals surface area contributed by atoms with Gasteiger partial charge in [0, 0.05) is 10.9 Å². The molecule has 0 unspecified atom stereocenters. The van der Waals surface area contributed by atoms with Crippen LogP contribution in [0.2, 0.25) is 16.6 Å². The van der Waals surface area contributed by atoms with Crippen molar-refractivity contribution in [2.75, 3.05) is 27.2 Å². The smallest absolute Gasteiger partial charge is 0.169 e. The van der Waals surface area contributed by atoms with E-state index in [1.54, 1.807) is 12.1 Å². The van der Waals surface area contributed by atoms with Crippen LogP contribution in [0.15, 0.2) is 42.6 Å². The number of piperidine rings is 1. The molecule has 2 aromatic carbocycles. The molecule has 5 heteroatoms. The zero-order valence-electron chi connectivity index (χ0n) is 23.6. The normalized spacial score (nSPS) is 16.1. The molecule has 1 aliphatic rings. The first kappa shape index (κ1) is 26.9. The van der Waals surface area contributed by atoms with Crippen LogP contribution in [0.5, 0.6) is 5.75 Å². The van der Waals surface area contributed by atoms with Gasteiger partial charge in [-0.1, -0.05) is 53.7 Å². The van der Waals surface area contributed by atoms with Crippen LogP contribution in [0.1, 0.15) is 77.0 Å². The minimum Gasteiger partial charge on any atom is -0.494 e. The van der Waals surface area contributed by atoms with Gasteiger partial charge in [-0.3, -0.25) is 0 Å². The predicted octanol–water partition coefficient (Wildman–Crippen LogP) is 8.21. The summed E-state index contributed by atoms with van der Waals surface area (Å²) in [5.41, 5.74) is 7.06. The number of methoxy groups -OCH3 is 1. The number of ether oxygens (including phenoxy) is 1. The molecule has 3 aromatic rings. The summed E-state index contributed by atoms with van der Waals surface area (Å²) in [5, 5.41) is 1.41. The highest BCUT2D eigenvalue weighted by Gasteiger charge is 2.46. The molecule has 1 aliphatic heterocycles. The van der Waals surface area contributed by atoms with E-state index in [-0.39, 0.29) is 5.82 Å². The van der Waals surface area contributed by atoms with Gasteiger partial charge in [0.05, 0.1) is 7.11 Å². The number of likely N-dealkylation sites (tertiary alicyclic amines) is 1. The van der Waals surface area contributed by atoms with Gasteiger partial charge in [-0.2, -0.15) is 0 Å². The predicted molar refractivity (Wildman–Crippen MR) is 154 cm³/mol. The van der Waals surface area contributed by atoms with Gasteiger partial charge in [0.25, 0.3) is 0 Å². The fourth-order valence-electron chi connectivity index (χ4n) is 7.27. The lowest BCUT2D eigenvalue weighted by Gasteiger charge is -2.44. The largest absolute Gasteiger partial charge is 0.494 e. The van der Waals surface area contributed by atoms with Gasteiger partial charge in [-0.05, 0) is 109 Å². The van der Waals surface area contributed by atoms with Gasteiger partial charge in [0.2, 0.25) is 0 Å². The molecule has 0 amide bonds. The second-order valence-corrected chi connectivity index (χ2v) is 17.6. The lowest BCUT2D eigenvalue weighted by Crippen LogP contribution is -2.51. The number of aromatic nitrogens is 1. The van der Waals surface area contributed by atoms with Crippen molar-refractivity contribution >= 4 is 19.1 Å². The summed E-state index contributed by atoms with van der Waals surface area (Å²) in [6.07, 6.45) is 5.71. The Kier molecular flexibility index (Phi) is 8.01. The van der Waals surface area contributed by atoms with Crippen LogP contribution in [0.25, 0.3) is 10.9 Å². The van der Waals surface area contributed by atoms with Gasteiger partial charge in [0.1, 0.15) is 0 Å². The van der Waals surface area contributed by atoms with E-state index in [0.717, 1.165) is 25.1 Å². The summed E-state index contributed by atoms with van der Waals surface area (Å²) < 4.78 is 22.3. The summed E-state index contributed by atoms with van der Waals surface area (Å²) in [5.74, 6) is 0.598. The maximum atomic E-state index is 14.4. The van der Waals surface area contributed by atoms with E-state index in [1.807, 2.05) is 6.07 Å². The van der Waals surface area contributed by atoms with Gasteiger partial charge >= 0.3 is 0 Å². The summed E-state index contributed by atoms with van der Waals surface area (Å²) in [6.45, 7) is 17.0. The molecule has 0 radical (unpaired) electrons. The molecule has 0 atom stereocenters. The van der Waals surface area contributed by atoms with Gasteiger partial charge in [-0.15, -0.1) is 0 Å². The first-order valence-corrected chi connectivity index (χ1v) is 15.9. The summed E-state index contributed by atoms with van der Waals surface area (Å²) in [4.78, 5) is 2.45. The Morgan fingerprint density at radius 2 is 1.50 bits per heavy atom. The molecule has 196 valence electrons. The van der Waals surface area contributed by atoms with Crippen molar-refractivity contribution < 1.29 is 9.13 Å². The molecule has 0 N–H and O–H groups in total. The molecule has 2 heterocycles. The second kappa shape index (κ2) is 10.7. The number of fused-ring (bicyclic) bond motifs is 1. The molecule has 4 rings (SSSR count). The zero-order valence-corrected chi connectivity index (χ0v) is 24.6. The van der Waals surface area contributed by atoms with Crippen molar-refractivity contribution in [2.45, 2.75) is 83.3 Å². The van der Waals surface area contributed by atoms with Crippen LogP contribution in [0.4, 0.5) is 4.39 Å². The second-order valence-electron chi connectivity index (χ2n) is 11.9. The van der Waals surface area contributed by atoms with Crippen molar-refractivity contribution in [1.29, 1.82) is 0 Å². The highest BCUT2D eigenvalue weighted by atomic mass is 28.3. The molecule has 1 fully saturated rings. The van der Waals surface area contributed by atoms with Crippen molar-refractivity contribution in [1.82, 2.24) is 9.13 Å². The molecule has 0 aliphatic carbocycles. The van der Waals surface area contributed by atoms with Crippen LogP contribution >= 0.6 is 0 Å². The zero-order chi connectivity index (χ0) is 26.2. The van der Waals surface area contributed by atoms with Crippen molar-refractivity contribution in [3.05, 3.63) is 65.1 Å². The van der Waals surface area contributed by atoms with Crippen LogP contribution in [0.3, 0.4) is 0 Å². The fourth-order valence-corrected chi connectivity index (χ4v) is 13.9. The van der Waals surface area contributed by atoms with E-state index in [4.69, 9.17) is 4.74 Å². The Morgan fingerprint density at radius 1 is 0.917 bits per heavy atom. The Labute approximate surface area is 218 Å². The molecule has 1 saturated heterocycles. The molecule has 36 heavy (non-hydrogen) atoms. The highest BCUT2D eigenvalue weighted by Crippen LogP contribution is 2.46. The summed E-state index contributed by atoms with van der Waals surface area (Å²) >= 11 is 0. The molecule has 1 aromatic heterocycles. The first-order valence-electron chi connectivity index (χ1n) is 13.7. The van der Waals surface area contributed by atoms with Crippen LogP contribution in [-0.4, -0.2) is 44.6 Å². The van der Waals surface area contributed by atoms with E-state index in [9.17, 15) is 4.39 Å². The molecule has 0 saturated carbocycles. The number of halogens is 1. The number of nitrogens with zero attached hydrogens (tertiary/aromatic N) is 2. The molecule has 0 bridgehead atoms. The maximum absolute atomic E-state index is 14.4. The summed E-state index contributed by atoms with van der Waals surface area (Å²) in [6, 6.07) is 12.3. The quantitative estimate of drug-likeness (QED) is 0.285. The van der Waals surface area contributed by atoms with Crippen molar-refractivity contribution in [3.8, 4) is 5.75 Å². The third-order valence-corrected chi connectivity index (χ3v) is 15.6. The first-order chi connectivity index (χ1) is 17.1. The van der Waals surface area contributed by atoms with E-state index in [2.05, 4.69) is 82.1 Å². The van der Waals surface area contributed by atoms with Crippen molar-refractivity contribution in [2.24, 2.45) is 0 Å². The van der Waals surface area contributed by atoms with Gasteiger partial charge in [-0.25, -0.2) is 4.39 Å². The average molecular weight is 509 g/mol. The van der Waals surface area contributed by atoms with Crippen LogP contribution < -0.4 is 4.74 Å². The Balaban J connectivity index is 1.85. The van der Waals surface area contributed by atoms with Crippen LogP contribution in [-0.2, 0) is 6.42 Å². The number of hydrogen-bond donors (Lipinski definition) is 0. The summed E-state index contributed by atoms with van der Waals surface area (Å²) in [7, 11) is 1.85. The van der Waals surface area contributed by atoms with Crippen LogP contribution in [0, 0.1) is 5.82 Å². The lowest BCUT2D eigenvalue weighted by molar-refractivity contribution is 0.256. The Hall–Kier alpha value is -2.11. The number of hydrogen-bond acceptors (Lipinski definition) is 2. The van der Waals surface area contributed by atoms with Gasteiger partial charge in [0.15, 0.2) is 19.8 Å².